The standard InChI is InChI=1S/C22H40N2O2/c1-4-5-6-7-8-9-10-11-12-13-14-15-16-19(2)23-21-18-17-20(22(25)26)24(21)3/h17-19,23H,4-16H2,1-3H3,(H,25,26). The summed E-state index contributed by atoms with van der Waals surface area (Å²) in [6.45, 7) is 4.44. The molecule has 1 heterocycles. The molecule has 4 nitrogen and oxygen atoms in total. The molecule has 0 spiro atoms. The summed E-state index contributed by atoms with van der Waals surface area (Å²) in [4.78, 5) is 11.1. The second-order valence-corrected chi connectivity index (χ2v) is 7.69. The second kappa shape index (κ2) is 13.7. The summed E-state index contributed by atoms with van der Waals surface area (Å²) in [5, 5.41) is 12.5. The van der Waals surface area contributed by atoms with Crippen molar-refractivity contribution in [3.05, 3.63) is 17.8 Å². The van der Waals surface area contributed by atoms with Gasteiger partial charge in [0.2, 0.25) is 0 Å². The number of nitrogens with one attached hydrogen (secondary N) is 1. The molecule has 1 aromatic rings. The minimum absolute atomic E-state index is 0.324. The predicted molar refractivity (Wildman–Crippen MR) is 111 cm³/mol. The van der Waals surface area contributed by atoms with Crippen molar-refractivity contribution < 1.29 is 9.90 Å². The molecule has 1 unspecified atom stereocenters. The Morgan fingerprint density at radius 1 is 0.962 bits per heavy atom. The van der Waals surface area contributed by atoms with Crippen molar-refractivity contribution in [2.75, 3.05) is 5.32 Å². The topological polar surface area (TPSA) is 54.3 Å². The molecule has 0 aliphatic carbocycles. The van der Waals surface area contributed by atoms with E-state index in [1.165, 1.54) is 77.0 Å². The van der Waals surface area contributed by atoms with Gasteiger partial charge in [-0.15, -0.1) is 0 Å². The number of rotatable bonds is 16. The first kappa shape index (κ1) is 22.6. The number of hydrogen-bond acceptors (Lipinski definition) is 2. The smallest absolute Gasteiger partial charge is 0.352 e. The van der Waals surface area contributed by atoms with Crippen molar-refractivity contribution in [1.82, 2.24) is 4.57 Å². The Bertz CT molecular complexity index is 496. The SMILES string of the molecule is CCCCCCCCCCCCCCC(C)Nc1ccc(C(=O)O)n1C. The van der Waals surface area contributed by atoms with E-state index in [0.29, 0.717) is 11.7 Å². The van der Waals surface area contributed by atoms with E-state index >= 15 is 0 Å². The van der Waals surface area contributed by atoms with E-state index in [1.54, 1.807) is 17.7 Å². The molecule has 0 bridgehead atoms. The minimum Gasteiger partial charge on any atom is -0.477 e. The lowest BCUT2D eigenvalue weighted by Crippen LogP contribution is -2.18. The van der Waals surface area contributed by atoms with E-state index in [2.05, 4.69) is 19.2 Å². The Hall–Kier alpha value is -1.45. The van der Waals surface area contributed by atoms with Gasteiger partial charge in [-0.1, -0.05) is 84.0 Å². The third-order valence-corrected chi connectivity index (χ3v) is 5.23. The highest BCUT2D eigenvalue weighted by Gasteiger charge is 2.12. The van der Waals surface area contributed by atoms with Crippen molar-refractivity contribution in [2.45, 2.75) is 103 Å². The van der Waals surface area contributed by atoms with Crippen molar-refractivity contribution >= 4 is 11.8 Å². The van der Waals surface area contributed by atoms with Gasteiger partial charge in [0.1, 0.15) is 11.5 Å². The largest absolute Gasteiger partial charge is 0.477 e. The van der Waals surface area contributed by atoms with Gasteiger partial charge in [-0.05, 0) is 25.5 Å². The van der Waals surface area contributed by atoms with Gasteiger partial charge in [-0.3, -0.25) is 0 Å². The van der Waals surface area contributed by atoms with E-state index in [4.69, 9.17) is 5.11 Å². The van der Waals surface area contributed by atoms with E-state index in [9.17, 15) is 4.79 Å². The molecule has 0 saturated heterocycles. The quantitative estimate of drug-likeness (QED) is 0.324. The number of carboxylic acids is 1. The van der Waals surface area contributed by atoms with Crippen molar-refractivity contribution in [2.24, 2.45) is 7.05 Å². The molecule has 1 atom stereocenters. The zero-order valence-electron chi connectivity index (χ0n) is 17.2. The third kappa shape index (κ3) is 9.30. The van der Waals surface area contributed by atoms with Gasteiger partial charge in [0, 0.05) is 13.1 Å². The first-order valence-corrected chi connectivity index (χ1v) is 10.7. The lowest BCUT2D eigenvalue weighted by Gasteiger charge is -2.16. The number of aromatic carboxylic acids is 1. The average molecular weight is 365 g/mol. The third-order valence-electron chi connectivity index (χ3n) is 5.23. The van der Waals surface area contributed by atoms with Crippen LogP contribution < -0.4 is 5.32 Å². The Kier molecular flexibility index (Phi) is 11.9. The van der Waals surface area contributed by atoms with Crippen LogP contribution in [0.25, 0.3) is 0 Å². The molecule has 1 rings (SSSR count). The van der Waals surface area contributed by atoms with Gasteiger partial charge in [-0.2, -0.15) is 0 Å². The molecule has 4 heteroatoms. The number of hydrogen-bond donors (Lipinski definition) is 2. The number of unbranched alkanes of at least 4 members (excludes halogenated alkanes) is 11. The number of carboxylic acid groups (broad SMARTS) is 1. The first-order valence-electron chi connectivity index (χ1n) is 10.7. The van der Waals surface area contributed by atoms with Gasteiger partial charge in [0.05, 0.1) is 0 Å². The van der Waals surface area contributed by atoms with E-state index in [-0.39, 0.29) is 0 Å². The number of anilines is 1. The predicted octanol–water partition coefficient (Wildman–Crippen LogP) is 6.61. The normalized spacial score (nSPS) is 12.3. The van der Waals surface area contributed by atoms with Gasteiger partial charge >= 0.3 is 5.97 Å². The number of aromatic nitrogens is 1. The van der Waals surface area contributed by atoms with Crippen LogP contribution >= 0.6 is 0 Å². The fraction of sp³-hybridized carbons (Fsp3) is 0.773. The maximum Gasteiger partial charge on any atom is 0.352 e. The van der Waals surface area contributed by atoms with Crippen LogP contribution in [0.3, 0.4) is 0 Å². The summed E-state index contributed by atoms with van der Waals surface area (Å²) in [6, 6.07) is 3.87. The molecular formula is C22H40N2O2. The molecule has 0 aromatic carbocycles. The summed E-state index contributed by atoms with van der Waals surface area (Å²) < 4.78 is 1.71. The fourth-order valence-electron chi connectivity index (χ4n) is 3.49. The van der Waals surface area contributed by atoms with Gasteiger partial charge in [0.15, 0.2) is 0 Å². The van der Waals surface area contributed by atoms with Gasteiger partial charge in [-0.25, -0.2) is 4.79 Å². The van der Waals surface area contributed by atoms with Crippen molar-refractivity contribution in [3.63, 3.8) is 0 Å². The molecule has 0 saturated carbocycles. The zero-order chi connectivity index (χ0) is 19.2. The molecule has 0 fully saturated rings. The minimum atomic E-state index is -0.880. The fourth-order valence-corrected chi connectivity index (χ4v) is 3.49. The summed E-state index contributed by atoms with van der Waals surface area (Å²) in [6.07, 6.45) is 17.6. The monoisotopic (exact) mass is 364 g/mol. The van der Waals surface area contributed by atoms with E-state index in [1.807, 2.05) is 6.07 Å². The average Bonchev–Trinajstić information content (AvgIpc) is 2.96. The molecule has 0 aliphatic heterocycles. The maximum absolute atomic E-state index is 11.1. The molecular weight excluding hydrogens is 324 g/mol. The van der Waals surface area contributed by atoms with Crippen molar-refractivity contribution in [3.8, 4) is 0 Å². The van der Waals surface area contributed by atoms with Crippen LogP contribution in [-0.2, 0) is 7.05 Å². The summed E-state index contributed by atoms with van der Waals surface area (Å²) >= 11 is 0. The van der Waals surface area contributed by atoms with Crippen molar-refractivity contribution in [1.29, 1.82) is 0 Å². The van der Waals surface area contributed by atoms with E-state index < -0.39 is 5.97 Å². The van der Waals surface area contributed by atoms with Gasteiger partial charge < -0.3 is 15.0 Å². The Morgan fingerprint density at radius 3 is 1.92 bits per heavy atom. The molecule has 0 radical (unpaired) electrons. The Morgan fingerprint density at radius 2 is 1.46 bits per heavy atom. The van der Waals surface area contributed by atoms with E-state index in [0.717, 1.165) is 12.2 Å². The van der Waals surface area contributed by atoms with Crippen LogP contribution in [-0.4, -0.2) is 21.7 Å². The van der Waals surface area contributed by atoms with Crippen LogP contribution in [0, 0.1) is 0 Å². The van der Waals surface area contributed by atoms with Crippen LogP contribution in [0.15, 0.2) is 12.1 Å². The molecule has 1 aromatic heterocycles. The highest BCUT2D eigenvalue weighted by molar-refractivity contribution is 5.86. The summed E-state index contributed by atoms with van der Waals surface area (Å²) in [7, 11) is 1.79. The van der Waals surface area contributed by atoms with Crippen LogP contribution in [0.5, 0.6) is 0 Å². The summed E-state index contributed by atoms with van der Waals surface area (Å²) in [5.74, 6) is 0.00278. The zero-order valence-corrected chi connectivity index (χ0v) is 17.2. The molecule has 0 aliphatic rings. The number of nitrogens with zero attached hydrogens (tertiary/aromatic N) is 1. The lowest BCUT2D eigenvalue weighted by atomic mass is 10.0. The Balaban J connectivity index is 1.98. The van der Waals surface area contributed by atoms with Crippen LogP contribution in [0.4, 0.5) is 5.82 Å². The van der Waals surface area contributed by atoms with Gasteiger partial charge in [0.25, 0.3) is 0 Å². The van der Waals surface area contributed by atoms with Crippen LogP contribution in [0.2, 0.25) is 0 Å². The second-order valence-electron chi connectivity index (χ2n) is 7.69. The highest BCUT2D eigenvalue weighted by Crippen LogP contribution is 2.17. The van der Waals surface area contributed by atoms with Crippen LogP contribution in [0.1, 0.15) is 108 Å². The molecule has 150 valence electrons. The molecule has 2 N–H and O–H groups in total. The Labute approximate surface area is 160 Å². The maximum atomic E-state index is 11.1. The first-order chi connectivity index (χ1) is 12.6. The highest BCUT2D eigenvalue weighted by atomic mass is 16.4. The summed E-state index contributed by atoms with van der Waals surface area (Å²) in [5.41, 5.74) is 0.324. The number of carbonyl (C=O) groups is 1. The lowest BCUT2D eigenvalue weighted by molar-refractivity contribution is 0.0686. The molecule has 26 heavy (non-hydrogen) atoms. The molecule has 0 amide bonds.